The molecule has 1 aromatic carbocycles. The standard InChI is InChI=1S/C20H20FN5O/c1-25-19(7-8-23-25)17-6-5-16-18(24-17)12-26(20(16)27)15(11-22)10-13-3-2-4-14(21)9-13/h2-9,12,15,27H,10-11,22H2,1H3. The SMILES string of the molecule is Cn1nccc1-c1ccc2c(O)n(C(CN)Cc3cccc(F)c3)cc2n1. The number of rotatable bonds is 5. The molecule has 27 heavy (non-hydrogen) atoms. The lowest BCUT2D eigenvalue weighted by atomic mass is 10.1. The number of halogens is 1. The van der Waals surface area contributed by atoms with E-state index < -0.39 is 0 Å². The van der Waals surface area contributed by atoms with E-state index in [2.05, 4.69) is 10.1 Å². The van der Waals surface area contributed by atoms with E-state index in [1.54, 1.807) is 27.7 Å². The van der Waals surface area contributed by atoms with Crippen molar-refractivity contribution in [3.8, 4) is 17.3 Å². The molecule has 3 N–H and O–H groups in total. The number of hydrogen-bond acceptors (Lipinski definition) is 4. The Hall–Kier alpha value is -3.19. The Labute approximate surface area is 155 Å². The van der Waals surface area contributed by atoms with Crippen LogP contribution >= 0.6 is 0 Å². The third kappa shape index (κ3) is 3.17. The minimum atomic E-state index is -0.285. The minimum Gasteiger partial charge on any atom is -0.494 e. The number of aromatic nitrogens is 4. The molecule has 0 saturated carbocycles. The van der Waals surface area contributed by atoms with E-state index in [-0.39, 0.29) is 17.7 Å². The summed E-state index contributed by atoms with van der Waals surface area (Å²) < 4.78 is 16.9. The maximum atomic E-state index is 13.5. The maximum absolute atomic E-state index is 13.5. The highest BCUT2D eigenvalue weighted by Gasteiger charge is 2.18. The Kier molecular flexibility index (Phi) is 4.37. The Morgan fingerprint density at radius 1 is 1.22 bits per heavy atom. The molecule has 6 nitrogen and oxygen atoms in total. The molecular weight excluding hydrogens is 345 g/mol. The largest absolute Gasteiger partial charge is 0.494 e. The van der Waals surface area contributed by atoms with Gasteiger partial charge in [-0.3, -0.25) is 4.68 Å². The van der Waals surface area contributed by atoms with E-state index in [0.717, 1.165) is 17.0 Å². The third-order valence-electron chi connectivity index (χ3n) is 4.78. The molecule has 1 unspecified atom stereocenters. The van der Waals surface area contributed by atoms with Gasteiger partial charge < -0.3 is 15.4 Å². The van der Waals surface area contributed by atoms with Crippen LogP contribution in [0.15, 0.2) is 54.9 Å². The van der Waals surface area contributed by atoms with Gasteiger partial charge in [0.25, 0.3) is 0 Å². The zero-order valence-corrected chi connectivity index (χ0v) is 14.9. The maximum Gasteiger partial charge on any atom is 0.201 e. The van der Waals surface area contributed by atoms with Crippen molar-refractivity contribution in [2.45, 2.75) is 12.5 Å². The normalized spacial score (nSPS) is 12.6. The van der Waals surface area contributed by atoms with Crippen LogP contribution in [0.5, 0.6) is 5.88 Å². The summed E-state index contributed by atoms with van der Waals surface area (Å²) in [7, 11) is 1.85. The second-order valence-electron chi connectivity index (χ2n) is 6.55. The van der Waals surface area contributed by atoms with Gasteiger partial charge in [0.2, 0.25) is 5.88 Å². The van der Waals surface area contributed by atoms with Crippen molar-refractivity contribution < 1.29 is 9.50 Å². The molecule has 0 bridgehead atoms. The molecule has 138 valence electrons. The molecular formula is C20H20FN5O. The molecule has 4 aromatic rings. The molecule has 1 atom stereocenters. The van der Waals surface area contributed by atoms with Crippen LogP contribution in [0.2, 0.25) is 0 Å². The Balaban J connectivity index is 1.72. The molecule has 0 aliphatic carbocycles. The third-order valence-corrected chi connectivity index (χ3v) is 4.78. The number of aromatic hydroxyl groups is 1. The molecule has 0 fully saturated rings. The molecule has 0 spiro atoms. The van der Waals surface area contributed by atoms with E-state index in [1.165, 1.54) is 12.1 Å². The van der Waals surface area contributed by atoms with Gasteiger partial charge in [0.1, 0.15) is 5.82 Å². The summed E-state index contributed by atoms with van der Waals surface area (Å²) in [5, 5.41) is 15.5. The van der Waals surface area contributed by atoms with E-state index in [9.17, 15) is 9.50 Å². The number of benzene rings is 1. The van der Waals surface area contributed by atoms with Crippen molar-refractivity contribution in [1.29, 1.82) is 0 Å². The van der Waals surface area contributed by atoms with E-state index in [4.69, 9.17) is 5.73 Å². The number of fused-ring (bicyclic) bond motifs is 1. The molecule has 4 rings (SSSR count). The average molecular weight is 365 g/mol. The first kappa shape index (κ1) is 17.2. The van der Waals surface area contributed by atoms with Gasteiger partial charge >= 0.3 is 0 Å². The topological polar surface area (TPSA) is 81.9 Å². The van der Waals surface area contributed by atoms with Crippen LogP contribution in [0.25, 0.3) is 22.3 Å². The fraction of sp³-hybridized carbons (Fsp3) is 0.200. The lowest BCUT2D eigenvalue weighted by molar-refractivity contribution is 0.385. The zero-order chi connectivity index (χ0) is 19.0. The fourth-order valence-electron chi connectivity index (χ4n) is 3.37. The summed E-state index contributed by atoms with van der Waals surface area (Å²) in [5.41, 5.74) is 9.11. The predicted molar refractivity (Wildman–Crippen MR) is 102 cm³/mol. The van der Waals surface area contributed by atoms with Gasteiger partial charge in [-0.15, -0.1) is 0 Å². The van der Waals surface area contributed by atoms with Gasteiger partial charge in [0.05, 0.1) is 28.3 Å². The van der Waals surface area contributed by atoms with Gasteiger partial charge in [0, 0.05) is 26.0 Å². The number of nitrogens with zero attached hydrogens (tertiary/aromatic N) is 4. The summed E-state index contributed by atoms with van der Waals surface area (Å²) in [6.45, 7) is 0.305. The molecule has 3 heterocycles. The van der Waals surface area contributed by atoms with Gasteiger partial charge in [0.15, 0.2) is 0 Å². The average Bonchev–Trinajstić information content (AvgIpc) is 3.23. The summed E-state index contributed by atoms with van der Waals surface area (Å²) in [4.78, 5) is 4.66. The highest BCUT2D eigenvalue weighted by molar-refractivity contribution is 5.86. The molecule has 7 heteroatoms. The second kappa shape index (κ2) is 6.85. The monoisotopic (exact) mass is 365 g/mol. The minimum absolute atomic E-state index is 0.112. The summed E-state index contributed by atoms with van der Waals surface area (Å²) in [6.07, 6.45) is 4.02. The van der Waals surface area contributed by atoms with E-state index in [1.807, 2.05) is 31.3 Å². The van der Waals surface area contributed by atoms with Crippen molar-refractivity contribution in [3.63, 3.8) is 0 Å². The molecule has 0 aliphatic heterocycles. The summed E-state index contributed by atoms with van der Waals surface area (Å²) >= 11 is 0. The van der Waals surface area contributed by atoms with Crippen LogP contribution in [0, 0.1) is 5.82 Å². The van der Waals surface area contributed by atoms with Crippen LogP contribution < -0.4 is 5.73 Å². The van der Waals surface area contributed by atoms with Crippen LogP contribution in [0.3, 0.4) is 0 Å². The second-order valence-corrected chi connectivity index (χ2v) is 6.55. The van der Waals surface area contributed by atoms with Gasteiger partial charge in [-0.1, -0.05) is 12.1 Å². The first-order chi connectivity index (χ1) is 13.1. The molecule has 0 amide bonds. The summed E-state index contributed by atoms with van der Waals surface area (Å²) in [5.74, 6) is -0.173. The van der Waals surface area contributed by atoms with Gasteiger partial charge in [-0.2, -0.15) is 5.10 Å². The van der Waals surface area contributed by atoms with Crippen LogP contribution in [-0.4, -0.2) is 31.0 Å². The first-order valence-electron chi connectivity index (χ1n) is 8.70. The number of nitrogens with two attached hydrogens (primary N) is 1. The van der Waals surface area contributed by atoms with Crippen molar-refractivity contribution in [2.24, 2.45) is 12.8 Å². The highest BCUT2D eigenvalue weighted by atomic mass is 19.1. The lowest BCUT2D eigenvalue weighted by Crippen LogP contribution is -2.20. The molecule has 0 aliphatic rings. The van der Waals surface area contributed by atoms with Crippen molar-refractivity contribution in [3.05, 3.63) is 66.2 Å². The molecule has 0 saturated heterocycles. The highest BCUT2D eigenvalue weighted by Crippen LogP contribution is 2.32. The van der Waals surface area contributed by atoms with Crippen molar-refractivity contribution in [2.75, 3.05) is 6.54 Å². The molecule has 3 aromatic heterocycles. The Morgan fingerprint density at radius 2 is 2.07 bits per heavy atom. The number of pyridine rings is 1. The molecule has 0 radical (unpaired) electrons. The predicted octanol–water partition coefficient (Wildman–Crippen LogP) is 3.02. The van der Waals surface area contributed by atoms with Crippen LogP contribution in [-0.2, 0) is 13.5 Å². The Bertz CT molecular complexity index is 1100. The van der Waals surface area contributed by atoms with Gasteiger partial charge in [-0.25, -0.2) is 9.37 Å². The van der Waals surface area contributed by atoms with Crippen molar-refractivity contribution in [1.82, 2.24) is 19.3 Å². The van der Waals surface area contributed by atoms with E-state index in [0.29, 0.717) is 23.9 Å². The quantitative estimate of drug-likeness (QED) is 0.570. The number of aryl methyl sites for hydroxylation is 1. The first-order valence-corrected chi connectivity index (χ1v) is 8.70. The number of hydrogen-bond donors (Lipinski definition) is 2. The fourth-order valence-corrected chi connectivity index (χ4v) is 3.37. The van der Waals surface area contributed by atoms with Crippen molar-refractivity contribution >= 4 is 10.9 Å². The van der Waals surface area contributed by atoms with E-state index >= 15 is 0 Å². The zero-order valence-electron chi connectivity index (χ0n) is 14.9. The van der Waals surface area contributed by atoms with Crippen LogP contribution in [0.4, 0.5) is 4.39 Å². The van der Waals surface area contributed by atoms with Crippen LogP contribution in [0.1, 0.15) is 11.6 Å². The van der Waals surface area contributed by atoms with Gasteiger partial charge in [-0.05, 0) is 42.3 Å². The smallest absolute Gasteiger partial charge is 0.201 e. The Morgan fingerprint density at radius 3 is 2.78 bits per heavy atom. The summed E-state index contributed by atoms with van der Waals surface area (Å²) in [6, 6.07) is 11.8. The lowest BCUT2D eigenvalue weighted by Gasteiger charge is -2.18.